The van der Waals surface area contributed by atoms with Gasteiger partial charge < -0.3 is 10.4 Å². The SMILES string of the molecule is CC(O)(CCNC(C)(C)C)Cc1c(Cl)cccc1Cl. The second-order valence-corrected chi connectivity index (χ2v) is 7.12. The standard InChI is InChI=1S/C15H23Cl2NO/c1-14(2,3)18-9-8-15(4,19)10-11-12(16)6-5-7-13(11)17/h5-7,18-19H,8-10H2,1-4H3. The fourth-order valence-corrected chi connectivity index (χ4v) is 2.41. The summed E-state index contributed by atoms with van der Waals surface area (Å²) in [5.74, 6) is 0. The van der Waals surface area contributed by atoms with E-state index in [0.29, 0.717) is 22.9 Å². The molecule has 0 saturated heterocycles. The van der Waals surface area contributed by atoms with Crippen molar-refractivity contribution in [2.45, 2.75) is 51.7 Å². The number of aliphatic hydroxyl groups is 1. The quantitative estimate of drug-likeness (QED) is 0.859. The normalized spacial score (nSPS) is 15.3. The Morgan fingerprint density at radius 1 is 1.11 bits per heavy atom. The molecule has 0 heterocycles. The molecule has 0 spiro atoms. The topological polar surface area (TPSA) is 32.3 Å². The van der Waals surface area contributed by atoms with Crippen LogP contribution in [0.1, 0.15) is 39.7 Å². The largest absolute Gasteiger partial charge is 0.390 e. The van der Waals surface area contributed by atoms with Gasteiger partial charge in [0.1, 0.15) is 0 Å². The number of hydrogen-bond donors (Lipinski definition) is 2. The third-order valence-electron chi connectivity index (χ3n) is 2.94. The second-order valence-electron chi connectivity index (χ2n) is 6.30. The summed E-state index contributed by atoms with van der Waals surface area (Å²) in [6.45, 7) is 8.88. The van der Waals surface area contributed by atoms with E-state index in [2.05, 4.69) is 26.1 Å². The molecule has 0 aliphatic heterocycles. The van der Waals surface area contributed by atoms with Crippen LogP contribution in [-0.4, -0.2) is 22.8 Å². The Morgan fingerprint density at radius 2 is 1.63 bits per heavy atom. The molecule has 0 bridgehead atoms. The Morgan fingerprint density at radius 3 is 2.11 bits per heavy atom. The van der Waals surface area contributed by atoms with Crippen LogP contribution in [-0.2, 0) is 6.42 Å². The zero-order chi connectivity index (χ0) is 14.7. The Kier molecular flexibility index (Phi) is 5.69. The van der Waals surface area contributed by atoms with E-state index in [-0.39, 0.29) is 5.54 Å². The van der Waals surface area contributed by atoms with Crippen molar-refractivity contribution in [1.82, 2.24) is 5.32 Å². The van der Waals surface area contributed by atoms with Gasteiger partial charge in [-0.25, -0.2) is 0 Å². The van der Waals surface area contributed by atoms with Crippen LogP contribution in [0.2, 0.25) is 10.0 Å². The molecule has 1 aromatic rings. The van der Waals surface area contributed by atoms with E-state index in [4.69, 9.17) is 23.2 Å². The van der Waals surface area contributed by atoms with Gasteiger partial charge in [-0.15, -0.1) is 0 Å². The van der Waals surface area contributed by atoms with Gasteiger partial charge in [0.05, 0.1) is 5.60 Å². The lowest BCUT2D eigenvalue weighted by Crippen LogP contribution is -2.40. The van der Waals surface area contributed by atoms with Gasteiger partial charge in [0.15, 0.2) is 0 Å². The minimum absolute atomic E-state index is 0.0537. The molecule has 1 rings (SSSR count). The van der Waals surface area contributed by atoms with Crippen LogP contribution in [0, 0.1) is 0 Å². The summed E-state index contributed by atoms with van der Waals surface area (Å²) in [5.41, 5.74) is 0.0388. The van der Waals surface area contributed by atoms with Gasteiger partial charge in [0.25, 0.3) is 0 Å². The van der Waals surface area contributed by atoms with Gasteiger partial charge in [0, 0.05) is 22.0 Å². The second kappa shape index (κ2) is 6.45. The van der Waals surface area contributed by atoms with E-state index in [1.54, 1.807) is 12.1 Å². The predicted octanol–water partition coefficient (Wildman–Crippen LogP) is 4.07. The van der Waals surface area contributed by atoms with Crippen molar-refractivity contribution in [2.75, 3.05) is 6.54 Å². The van der Waals surface area contributed by atoms with Crippen LogP contribution in [0.4, 0.5) is 0 Å². The fraction of sp³-hybridized carbons (Fsp3) is 0.600. The average Bonchev–Trinajstić information content (AvgIpc) is 2.21. The molecule has 4 heteroatoms. The van der Waals surface area contributed by atoms with Crippen molar-refractivity contribution in [3.63, 3.8) is 0 Å². The summed E-state index contributed by atoms with van der Waals surface area (Å²) < 4.78 is 0. The van der Waals surface area contributed by atoms with Crippen molar-refractivity contribution < 1.29 is 5.11 Å². The molecule has 1 aromatic carbocycles. The third-order valence-corrected chi connectivity index (χ3v) is 3.65. The molecular weight excluding hydrogens is 281 g/mol. The van der Waals surface area contributed by atoms with E-state index in [0.717, 1.165) is 12.1 Å². The van der Waals surface area contributed by atoms with E-state index < -0.39 is 5.60 Å². The number of benzene rings is 1. The van der Waals surface area contributed by atoms with Crippen LogP contribution in [0.25, 0.3) is 0 Å². The first-order chi connectivity index (χ1) is 8.61. The Hall–Kier alpha value is -0.280. The highest BCUT2D eigenvalue weighted by atomic mass is 35.5. The van der Waals surface area contributed by atoms with E-state index in [1.807, 2.05) is 13.0 Å². The van der Waals surface area contributed by atoms with Crippen LogP contribution < -0.4 is 5.32 Å². The van der Waals surface area contributed by atoms with Gasteiger partial charge in [-0.3, -0.25) is 0 Å². The lowest BCUT2D eigenvalue weighted by molar-refractivity contribution is 0.0500. The number of hydrogen-bond acceptors (Lipinski definition) is 2. The number of rotatable bonds is 5. The minimum atomic E-state index is -0.827. The highest BCUT2D eigenvalue weighted by Crippen LogP contribution is 2.29. The molecule has 19 heavy (non-hydrogen) atoms. The highest BCUT2D eigenvalue weighted by Gasteiger charge is 2.24. The van der Waals surface area contributed by atoms with Crippen LogP contribution in [0.3, 0.4) is 0 Å². The summed E-state index contributed by atoms with van der Waals surface area (Å²) in [5, 5.41) is 15.0. The van der Waals surface area contributed by atoms with Crippen molar-refractivity contribution in [1.29, 1.82) is 0 Å². The van der Waals surface area contributed by atoms with Crippen molar-refractivity contribution in [3.05, 3.63) is 33.8 Å². The van der Waals surface area contributed by atoms with E-state index >= 15 is 0 Å². The first-order valence-electron chi connectivity index (χ1n) is 6.51. The molecule has 0 aliphatic carbocycles. The zero-order valence-corrected chi connectivity index (χ0v) is 13.6. The molecule has 2 N–H and O–H groups in total. The first-order valence-corrected chi connectivity index (χ1v) is 7.27. The van der Waals surface area contributed by atoms with Gasteiger partial charge in [-0.1, -0.05) is 29.3 Å². The van der Waals surface area contributed by atoms with Gasteiger partial charge in [-0.05, 0) is 58.4 Å². The maximum absolute atomic E-state index is 10.5. The lowest BCUT2D eigenvalue weighted by Gasteiger charge is -2.27. The molecule has 0 aliphatic rings. The molecule has 0 amide bonds. The third kappa shape index (κ3) is 6.13. The monoisotopic (exact) mass is 303 g/mol. The lowest BCUT2D eigenvalue weighted by atomic mass is 9.92. The molecule has 0 aromatic heterocycles. The molecule has 0 fully saturated rings. The molecular formula is C15H23Cl2NO. The molecule has 108 valence electrons. The maximum Gasteiger partial charge on any atom is 0.0673 e. The maximum atomic E-state index is 10.5. The predicted molar refractivity (Wildman–Crippen MR) is 83.2 cm³/mol. The van der Waals surface area contributed by atoms with Gasteiger partial charge in [0.2, 0.25) is 0 Å². The first kappa shape index (κ1) is 16.8. The summed E-state index contributed by atoms with van der Waals surface area (Å²) in [6.07, 6.45) is 1.10. The fourth-order valence-electron chi connectivity index (χ4n) is 1.88. The molecule has 0 radical (unpaired) electrons. The molecule has 1 unspecified atom stereocenters. The van der Waals surface area contributed by atoms with E-state index in [9.17, 15) is 5.11 Å². The van der Waals surface area contributed by atoms with Crippen LogP contribution in [0.15, 0.2) is 18.2 Å². The molecule has 2 nitrogen and oxygen atoms in total. The Balaban J connectivity index is 2.64. The highest BCUT2D eigenvalue weighted by molar-refractivity contribution is 6.36. The number of nitrogens with one attached hydrogen (secondary N) is 1. The molecule has 0 saturated carbocycles. The van der Waals surface area contributed by atoms with Crippen molar-refractivity contribution in [3.8, 4) is 0 Å². The van der Waals surface area contributed by atoms with Crippen molar-refractivity contribution in [2.24, 2.45) is 0 Å². The summed E-state index contributed by atoms with van der Waals surface area (Å²) in [6, 6.07) is 5.41. The average molecular weight is 304 g/mol. The number of halogens is 2. The zero-order valence-electron chi connectivity index (χ0n) is 12.1. The summed E-state index contributed by atoms with van der Waals surface area (Å²) >= 11 is 12.3. The van der Waals surface area contributed by atoms with Crippen molar-refractivity contribution >= 4 is 23.2 Å². The minimum Gasteiger partial charge on any atom is -0.390 e. The Bertz CT molecular complexity index is 404. The Labute approximate surface area is 126 Å². The van der Waals surface area contributed by atoms with Crippen LogP contribution >= 0.6 is 23.2 Å². The van der Waals surface area contributed by atoms with Gasteiger partial charge in [-0.2, -0.15) is 0 Å². The van der Waals surface area contributed by atoms with Crippen LogP contribution in [0.5, 0.6) is 0 Å². The summed E-state index contributed by atoms with van der Waals surface area (Å²) in [4.78, 5) is 0. The molecule has 1 atom stereocenters. The summed E-state index contributed by atoms with van der Waals surface area (Å²) in [7, 11) is 0. The van der Waals surface area contributed by atoms with E-state index in [1.165, 1.54) is 0 Å². The smallest absolute Gasteiger partial charge is 0.0673 e. The van der Waals surface area contributed by atoms with Gasteiger partial charge >= 0.3 is 0 Å².